The van der Waals surface area contributed by atoms with Gasteiger partial charge < -0.3 is 20.5 Å². The van der Waals surface area contributed by atoms with Crippen molar-refractivity contribution in [1.29, 1.82) is 0 Å². The van der Waals surface area contributed by atoms with Gasteiger partial charge in [-0.3, -0.25) is 14.4 Å². The first-order valence-corrected chi connectivity index (χ1v) is 7.60. The second-order valence-electron chi connectivity index (χ2n) is 4.99. The monoisotopic (exact) mass is 350 g/mol. The summed E-state index contributed by atoms with van der Waals surface area (Å²) in [4.78, 5) is 33.7. The SMILES string of the molecule is COCCCNC(=O)CC(=O)N/N=C/c1ccc(OCC(N)=O)cc1. The van der Waals surface area contributed by atoms with Crippen LogP contribution in [-0.2, 0) is 19.1 Å². The minimum atomic E-state index is -0.559. The molecule has 0 aromatic heterocycles. The van der Waals surface area contributed by atoms with Gasteiger partial charge in [-0.05, 0) is 36.2 Å². The minimum absolute atomic E-state index is 0.197. The molecule has 0 aliphatic carbocycles. The highest BCUT2D eigenvalue weighted by atomic mass is 16.5. The molecule has 0 heterocycles. The molecule has 4 N–H and O–H groups in total. The fourth-order valence-corrected chi connectivity index (χ4v) is 1.68. The minimum Gasteiger partial charge on any atom is -0.484 e. The maximum absolute atomic E-state index is 11.6. The number of carbonyl (C=O) groups excluding carboxylic acids is 3. The zero-order chi connectivity index (χ0) is 18.5. The van der Waals surface area contributed by atoms with Crippen LogP contribution in [0.4, 0.5) is 0 Å². The lowest BCUT2D eigenvalue weighted by molar-refractivity contribution is -0.129. The fraction of sp³-hybridized carbons (Fsp3) is 0.375. The van der Waals surface area contributed by atoms with Crippen LogP contribution >= 0.6 is 0 Å². The van der Waals surface area contributed by atoms with Gasteiger partial charge in [0.1, 0.15) is 12.2 Å². The molecular formula is C16H22N4O5. The predicted molar refractivity (Wildman–Crippen MR) is 91.0 cm³/mol. The number of nitrogens with one attached hydrogen (secondary N) is 2. The molecule has 1 aromatic carbocycles. The van der Waals surface area contributed by atoms with E-state index in [-0.39, 0.29) is 18.9 Å². The van der Waals surface area contributed by atoms with Crippen molar-refractivity contribution in [3.05, 3.63) is 29.8 Å². The molecule has 0 spiro atoms. The van der Waals surface area contributed by atoms with Gasteiger partial charge in [0, 0.05) is 20.3 Å². The summed E-state index contributed by atoms with van der Waals surface area (Å²) < 4.78 is 9.97. The number of amides is 3. The normalized spacial score (nSPS) is 10.4. The summed E-state index contributed by atoms with van der Waals surface area (Å²) >= 11 is 0. The molecule has 25 heavy (non-hydrogen) atoms. The molecule has 1 aromatic rings. The first kappa shape index (κ1) is 20.1. The van der Waals surface area contributed by atoms with Crippen LogP contribution in [0.25, 0.3) is 0 Å². The Balaban J connectivity index is 2.30. The average Bonchev–Trinajstić information content (AvgIpc) is 2.58. The smallest absolute Gasteiger partial charge is 0.255 e. The van der Waals surface area contributed by atoms with Gasteiger partial charge in [-0.25, -0.2) is 5.43 Å². The van der Waals surface area contributed by atoms with Crippen LogP contribution < -0.4 is 21.2 Å². The third kappa shape index (κ3) is 9.72. The molecule has 0 saturated heterocycles. The van der Waals surface area contributed by atoms with E-state index in [0.717, 1.165) is 0 Å². The lowest BCUT2D eigenvalue weighted by atomic mass is 10.2. The summed E-state index contributed by atoms with van der Waals surface area (Å²) in [6, 6.07) is 6.65. The predicted octanol–water partition coefficient (Wildman–Crippen LogP) is -0.456. The van der Waals surface area contributed by atoms with Crippen LogP contribution in [0.1, 0.15) is 18.4 Å². The summed E-state index contributed by atoms with van der Waals surface area (Å²) in [6.45, 7) is 0.799. The number of nitrogens with zero attached hydrogens (tertiary/aromatic N) is 1. The van der Waals surface area contributed by atoms with Gasteiger partial charge in [-0.15, -0.1) is 0 Å². The number of hydrogen-bond acceptors (Lipinski definition) is 6. The summed E-state index contributed by atoms with van der Waals surface area (Å²) in [5.41, 5.74) is 7.95. The van der Waals surface area contributed by atoms with Gasteiger partial charge in [0.2, 0.25) is 11.8 Å². The van der Waals surface area contributed by atoms with Gasteiger partial charge >= 0.3 is 0 Å². The van der Waals surface area contributed by atoms with Crippen molar-refractivity contribution in [2.75, 3.05) is 26.9 Å². The Morgan fingerprint density at radius 1 is 1.20 bits per heavy atom. The van der Waals surface area contributed by atoms with Gasteiger partial charge in [0.05, 0.1) is 6.21 Å². The van der Waals surface area contributed by atoms with Crippen molar-refractivity contribution < 1.29 is 23.9 Å². The molecule has 0 aliphatic heterocycles. The summed E-state index contributed by atoms with van der Waals surface area (Å²) in [5, 5.41) is 6.37. The topological polar surface area (TPSA) is 132 Å². The molecular weight excluding hydrogens is 328 g/mol. The Bertz CT molecular complexity index is 601. The van der Waals surface area contributed by atoms with E-state index in [1.165, 1.54) is 6.21 Å². The number of carbonyl (C=O) groups is 3. The van der Waals surface area contributed by atoms with E-state index in [2.05, 4.69) is 15.8 Å². The van der Waals surface area contributed by atoms with Gasteiger partial charge in [-0.1, -0.05) is 0 Å². The zero-order valence-corrected chi connectivity index (χ0v) is 14.0. The Labute approximate surface area is 145 Å². The number of nitrogens with two attached hydrogens (primary N) is 1. The number of primary amides is 1. The van der Waals surface area contributed by atoms with E-state index in [9.17, 15) is 14.4 Å². The van der Waals surface area contributed by atoms with Gasteiger partial charge in [0.15, 0.2) is 6.61 Å². The van der Waals surface area contributed by atoms with E-state index in [1.54, 1.807) is 31.4 Å². The Morgan fingerprint density at radius 2 is 1.92 bits per heavy atom. The number of hydrogen-bond donors (Lipinski definition) is 3. The highest BCUT2D eigenvalue weighted by Crippen LogP contribution is 2.10. The summed E-state index contributed by atoms with van der Waals surface area (Å²) in [6.07, 6.45) is 1.80. The van der Waals surface area contributed by atoms with Crippen LogP contribution in [0.15, 0.2) is 29.4 Å². The molecule has 0 aliphatic rings. The van der Waals surface area contributed by atoms with E-state index >= 15 is 0 Å². The van der Waals surface area contributed by atoms with Gasteiger partial charge in [0.25, 0.3) is 5.91 Å². The van der Waals surface area contributed by atoms with Crippen LogP contribution in [0.2, 0.25) is 0 Å². The standard InChI is InChI=1S/C16H22N4O5/c1-24-8-2-7-18-15(22)9-16(23)20-19-10-12-3-5-13(6-4-12)25-11-14(17)21/h3-6,10H,2,7-9,11H2,1H3,(H2,17,21)(H,18,22)(H,20,23)/b19-10+. The van der Waals surface area contributed by atoms with Crippen molar-refractivity contribution in [3.63, 3.8) is 0 Å². The second kappa shape index (κ2) is 11.6. The molecule has 0 saturated carbocycles. The van der Waals surface area contributed by atoms with Crippen LogP contribution in [0.3, 0.4) is 0 Å². The first-order valence-electron chi connectivity index (χ1n) is 7.60. The second-order valence-corrected chi connectivity index (χ2v) is 4.99. The Kier molecular flexibility index (Phi) is 9.31. The molecule has 9 nitrogen and oxygen atoms in total. The molecule has 0 unspecified atom stereocenters. The molecule has 0 bridgehead atoms. The molecule has 0 radical (unpaired) electrons. The Morgan fingerprint density at radius 3 is 2.56 bits per heavy atom. The van der Waals surface area contributed by atoms with E-state index < -0.39 is 11.8 Å². The van der Waals surface area contributed by atoms with E-state index in [0.29, 0.717) is 30.9 Å². The third-order valence-corrected chi connectivity index (χ3v) is 2.83. The first-order chi connectivity index (χ1) is 12.0. The molecule has 3 amide bonds. The van der Waals surface area contributed by atoms with Crippen LogP contribution in [0, 0.1) is 0 Å². The zero-order valence-electron chi connectivity index (χ0n) is 14.0. The summed E-state index contributed by atoms with van der Waals surface area (Å²) in [5.74, 6) is -0.956. The lowest BCUT2D eigenvalue weighted by Gasteiger charge is -2.04. The maximum Gasteiger partial charge on any atom is 0.255 e. The molecule has 136 valence electrons. The highest BCUT2D eigenvalue weighted by Gasteiger charge is 2.07. The fourth-order valence-electron chi connectivity index (χ4n) is 1.68. The number of rotatable bonds is 11. The number of hydrazone groups is 1. The molecule has 0 fully saturated rings. The van der Waals surface area contributed by atoms with E-state index in [1.807, 2.05) is 0 Å². The third-order valence-electron chi connectivity index (χ3n) is 2.83. The number of benzene rings is 1. The van der Waals surface area contributed by atoms with Crippen LogP contribution in [0.5, 0.6) is 5.75 Å². The van der Waals surface area contributed by atoms with Crippen LogP contribution in [-0.4, -0.2) is 50.8 Å². The highest BCUT2D eigenvalue weighted by molar-refractivity contribution is 5.97. The van der Waals surface area contributed by atoms with Crippen molar-refractivity contribution in [2.45, 2.75) is 12.8 Å². The maximum atomic E-state index is 11.6. The van der Waals surface area contributed by atoms with Crippen molar-refractivity contribution >= 4 is 23.9 Å². The van der Waals surface area contributed by atoms with Crippen molar-refractivity contribution in [1.82, 2.24) is 10.7 Å². The molecule has 0 atom stereocenters. The van der Waals surface area contributed by atoms with Gasteiger partial charge in [-0.2, -0.15) is 5.10 Å². The van der Waals surface area contributed by atoms with Crippen molar-refractivity contribution in [2.24, 2.45) is 10.8 Å². The average molecular weight is 350 g/mol. The Hall–Kier alpha value is -2.94. The van der Waals surface area contributed by atoms with E-state index in [4.69, 9.17) is 15.2 Å². The number of ether oxygens (including phenoxy) is 2. The quantitative estimate of drug-likeness (QED) is 0.215. The lowest BCUT2D eigenvalue weighted by Crippen LogP contribution is -2.30. The largest absolute Gasteiger partial charge is 0.484 e. The number of methoxy groups -OCH3 is 1. The molecule has 1 rings (SSSR count). The van der Waals surface area contributed by atoms with Crippen molar-refractivity contribution in [3.8, 4) is 5.75 Å². The molecule has 9 heteroatoms. The summed E-state index contributed by atoms with van der Waals surface area (Å²) in [7, 11) is 1.58.